The van der Waals surface area contributed by atoms with E-state index in [0.29, 0.717) is 13.1 Å². The quantitative estimate of drug-likeness (QED) is 0.737. The van der Waals surface area contributed by atoms with Crippen LogP contribution in [0.1, 0.15) is 5.69 Å². The molecule has 1 unspecified atom stereocenters. The first-order chi connectivity index (χ1) is 7.31. The maximum Gasteiger partial charge on any atom is 0.144 e. The van der Waals surface area contributed by atoms with Crippen molar-refractivity contribution >= 4 is 5.57 Å². The van der Waals surface area contributed by atoms with Crippen molar-refractivity contribution in [2.45, 2.75) is 6.10 Å². The number of aliphatic hydroxyl groups is 1. The molecule has 4 nitrogen and oxygen atoms in total. The summed E-state index contributed by atoms with van der Waals surface area (Å²) < 4.78 is 5.22. The van der Waals surface area contributed by atoms with Crippen LogP contribution in [-0.4, -0.2) is 36.4 Å². The molecule has 0 amide bonds. The number of hydrogen-bond acceptors (Lipinski definition) is 4. The third-order valence-corrected chi connectivity index (χ3v) is 2.36. The van der Waals surface area contributed by atoms with E-state index in [1.165, 1.54) is 0 Å². The zero-order valence-electron chi connectivity index (χ0n) is 8.60. The second kappa shape index (κ2) is 4.42. The average molecular weight is 206 g/mol. The molecule has 2 heterocycles. The SMILES string of the molecule is COc1cccnc1C1=CC(O)CNC1. The molecule has 1 aliphatic rings. The Kier molecular flexibility index (Phi) is 2.99. The molecule has 0 saturated heterocycles. The molecule has 80 valence electrons. The van der Waals surface area contributed by atoms with Crippen LogP contribution in [-0.2, 0) is 0 Å². The van der Waals surface area contributed by atoms with Crippen LogP contribution in [0.2, 0.25) is 0 Å². The summed E-state index contributed by atoms with van der Waals surface area (Å²) in [4.78, 5) is 4.26. The Morgan fingerprint density at radius 2 is 2.47 bits per heavy atom. The topological polar surface area (TPSA) is 54.4 Å². The lowest BCUT2D eigenvalue weighted by Crippen LogP contribution is -2.32. The zero-order valence-corrected chi connectivity index (χ0v) is 8.60. The van der Waals surface area contributed by atoms with Gasteiger partial charge in [-0.1, -0.05) is 0 Å². The molecule has 0 saturated carbocycles. The maximum absolute atomic E-state index is 9.50. The van der Waals surface area contributed by atoms with Gasteiger partial charge in [0.15, 0.2) is 0 Å². The van der Waals surface area contributed by atoms with Gasteiger partial charge in [-0.15, -0.1) is 0 Å². The van der Waals surface area contributed by atoms with E-state index in [-0.39, 0.29) is 0 Å². The van der Waals surface area contributed by atoms with E-state index in [2.05, 4.69) is 10.3 Å². The van der Waals surface area contributed by atoms with Gasteiger partial charge in [0.05, 0.1) is 13.2 Å². The molecule has 1 atom stereocenters. The Morgan fingerprint density at radius 3 is 3.20 bits per heavy atom. The van der Waals surface area contributed by atoms with Crippen molar-refractivity contribution in [1.82, 2.24) is 10.3 Å². The van der Waals surface area contributed by atoms with Crippen molar-refractivity contribution < 1.29 is 9.84 Å². The Labute approximate surface area is 88.6 Å². The number of rotatable bonds is 2. The van der Waals surface area contributed by atoms with Crippen LogP contribution < -0.4 is 10.1 Å². The number of aromatic nitrogens is 1. The van der Waals surface area contributed by atoms with Crippen molar-refractivity contribution in [3.05, 3.63) is 30.1 Å². The molecular weight excluding hydrogens is 192 g/mol. The molecular formula is C11H14N2O2. The molecule has 0 aliphatic carbocycles. The molecule has 2 N–H and O–H groups in total. The van der Waals surface area contributed by atoms with Gasteiger partial charge >= 0.3 is 0 Å². The summed E-state index contributed by atoms with van der Waals surface area (Å²) in [5, 5.41) is 12.6. The molecule has 0 bridgehead atoms. The van der Waals surface area contributed by atoms with Crippen LogP contribution in [0.3, 0.4) is 0 Å². The smallest absolute Gasteiger partial charge is 0.144 e. The van der Waals surface area contributed by atoms with Crippen LogP contribution in [0.4, 0.5) is 0 Å². The van der Waals surface area contributed by atoms with Gasteiger partial charge in [-0.05, 0) is 23.8 Å². The minimum atomic E-state index is -0.444. The Hall–Kier alpha value is -1.39. The number of hydrogen-bond donors (Lipinski definition) is 2. The fraction of sp³-hybridized carbons (Fsp3) is 0.364. The van der Waals surface area contributed by atoms with Gasteiger partial charge in [-0.2, -0.15) is 0 Å². The maximum atomic E-state index is 9.50. The third-order valence-electron chi connectivity index (χ3n) is 2.36. The molecule has 0 fully saturated rings. The predicted molar refractivity (Wildman–Crippen MR) is 57.6 cm³/mol. The van der Waals surface area contributed by atoms with E-state index >= 15 is 0 Å². The van der Waals surface area contributed by atoms with Crippen LogP contribution in [0.5, 0.6) is 5.75 Å². The van der Waals surface area contributed by atoms with E-state index in [4.69, 9.17) is 4.74 Å². The summed E-state index contributed by atoms with van der Waals surface area (Å²) in [7, 11) is 1.62. The summed E-state index contributed by atoms with van der Waals surface area (Å²) in [5.41, 5.74) is 1.78. The van der Waals surface area contributed by atoms with Crippen molar-refractivity contribution in [2.24, 2.45) is 0 Å². The minimum Gasteiger partial charge on any atom is -0.494 e. The van der Waals surface area contributed by atoms with Gasteiger partial charge in [0, 0.05) is 19.3 Å². The Balaban J connectivity index is 2.36. The second-order valence-electron chi connectivity index (χ2n) is 3.44. The van der Waals surface area contributed by atoms with Gasteiger partial charge in [-0.3, -0.25) is 4.98 Å². The largest absolute Gasteiger partial charge is 0.494 e. The van der Waals surface area contributed by atoms with E-state index < -0.39 is 6.10 Å². The standard InChI is InChI=1S/C11H14N2O2/c1-15-10-3-2-4-13-11(10)8-5-9(14)7-12-6-8/h2-5,9,12,14H,6-7H2,1H3. The molecule has 2 rings (SSSR count). The predicted octanol–water partition coefficient (Wildman–Crippen LogP) is 0.438. The van der Waals surface area contributed by atoms with Crippen LogP contribution in [0.25, 0.3) is 5.57 Å². The zero-order chi connectivity index (χ0) is 10.7. The van der Waals surface area contributed by atoms with Crippen LogP contribution >= 0.6 is 0 Å². The number of ether oxygens (including phenoxy) is 1. The van der Waals surface area contributed by atoms with E-state index in [1.807, 2.05) is 18.2 Å². The number of pyridine rings is 1. The number of β-amino-alcohol motifs (C(OH)–C–C–N with tert-alkyl or cyclic N) is 1. The van der Waals surface area contributed by atoms with Crippen LogP contribution in [0, 0.1) is 0 Å². The van der Waals surface area contributed by atoms with E-state index in [1.54, 1.807) is 13.3 Å². The van der Waals surface area contributed by atoms with Crippen molar-refractivity contribution in [2.75, 3.05) is 20.2 Å². The molecule has 1 aliphatic heterocycles. The molecule has 1 aromatic rings. The lowest BCUT2D eigenvalue weighted by molar-refractivity contribution is 0.217. The first kappa shape index (κ1) is 10.1. The van der Waals surface area contributed by atoms with Gasteiger partial charge in [0.1, 0.15) is 11.4 Å². The highest BCUT2D eigenvalue weighted by Gasteiger charge is 2.15. The fourth-order valence-corrected chi connectivity index (χ4v) is 1.66. The first-order valence-electron chi connectivity index (χ1n) is 4.90. The number of nitrogens with one attached hydrogen (secondary N) is 1. The van der Waals surface area contributed by atoms with Gasteiger partial charge in [-0.25, -0.2) is 0 Å². The molecule has 4 heteroatoms. The Bertz CT molecular complexity index is 377. The molecule has 0 radical (unpaired) electrons. The summed E-state index contributed by atoms with van der Waals surface area (Å²) in [6, 6.07) is 3.69. The summed E-state index contributed by atoms with van der Waals surface area (Å²) in [6.45, 7) is 1.31. The lowest BCUT2D eigenvalue weighted by atomic mass is 10.1. The summed E-state index contributed by atoms with van der Waals surface area (Å²) in [5.74, 6) is 0.736. The van der Waals surface area contributed by atoms with Crippen molar-refractivity contribution in [3.63, 3.8) is 0 Å². The van der Waals surface area contributed by atoms with Crippen molar-refractivity contribution in [3.8, 4) is 5.75 Å². The minimum absolute atomic E-state index is 0.444. The Morgan fingerprint density at radius 1 is 1.60 bits per heavy atom. The van der Waals surface area contributed by atoms with Gasteiger partial charge in [0.2, 0.25) is 0 Å². The lowest BCUT2D eigenvalue weighted by Gasteiger charge is -2.19. The number of methoxy groups -OCH3 is 1. The second-order valence-corrected chi connectivity index (χ2v) is 3.44. The molecule has 1 aromatic heterocycles. The van der Waals surface area contributed by atoms with E-state index in [9.17, 15) is 5.11 Å². The number of nitrogens with zero attached hydrogens (tertiary/aromatic N) is 1. The normalized spacial score (nSPS) is 20.9. The highest BCUT2D eigenvalue weighted by molar-refractivity contribution is 5.69. The molecule has 0 aromatic carbocycles. The van der Waals surface area contributed by atoms with Gasteiger partial charge in [0.25, 0.3) is 0 Å². The monoisotopic (exact) mass is 206 g/mol. The van der Waals surface area contributed by atoms with E-state index in [0.717, 1.165) is 17.0 Å². The average Bonchev–Trinajstić information content (AvgIpc) is 2.29. The highest BCUT2D eigenvalue weighted by atomic mass is 16.5. The number of aliphatic hydroxyl groups excluding tert-OH is 1. The first-order valence-corrected chi connectivity index (χ1v) is 4.90. The van der Waals surface area contributed by atoms with Crippen molar-refractivity contribution in [1.29, 1.82) is 0 Å². The summed E-state index contributed by atoms with van der Waals surface area (Å²) in [6.07, 6.45) is 3.10. The fourth-order valence-electron chi connectivity index (χ4n) is 1.66. The third kappa shape index (κ3) is 2.16. The van der Waals surface area contributed by atoms with Crippen LogP contribution in [0.15, 0.2) is 24.4 Å². The molecule has 0 spiro atoms. The highest BCUT2D eigenvalue weighted by Crippen LogP contribution is 2.24. The summed E-state index contributed by atoms with van der Waals surface area (Å²) >= 11 is 0. The molecule has 15 heavy (non-hydrogen) atoms. The van der Waals surface area contributed by atoms with Gasteiger partial charge < -0.3 is 15.2 Å².